The van der Waals surface area contributed by atoms with Crippen LogP contribution in [0.3, 0.4) is 0 Å². The average molecular weight is 163 g/mol. The Kier molecular flexibility index (Phi) is 4.47. The summed E-state index contributed by atoms with van der Waals surface area (Å²) in [7, 11) is 0. The Morgan fingerprint density at radius 3 is 2.40 bits per heavy atom. The molecule has 0 aliphatic carbocycles. The summed E-state index contributed by atoms with van der Waals surface area (Å²) in [6.45, 7) is 3.83. The van der Waals surface area contributed by atoms with Gasteiger partial charge < -0.3 is 5.11 Å². The molecule has 0 unspecified atom stereocenters. The first-order chi connectivity index (χ1) is 4.63. The number of carboxylic acid groups (broad SMARTS) is 1. The normalized spacial score (nSPS) is 16.3. The van der Waals surface area contributed by atoms with Crippen molar-refractivity contribution in [1.82, 2.24) is 4.72 Å². The van der Waals surface area contributed by atoms with Gasteiger partial charge in [-0.2, -0.15) is 0 Å². The highest BCUT2D eigenvalue weighted by molar-refractivity contribution is 7.78. The summed E-state index contributed by atoms with van der Waals surface area (Å²) in [4.78, 5) is 10.4. The van der Waals surface area contributed by atoms with E-state index in [2.05, 4.69) is 17.5 Å². The van der Waals surface area contributed by atoms with E-state index < -0.39 is 12.0 Å². The molecule has 0 aromatic carbocycles. The number of thiol groups is 1. The SMILES string of the molecule is CC[C@H](C)[C@H](NS)C(=O)O. The van der Waals surface area contributed by atoms with Gasteiger partial charge in [-0.25, -0.2) is 0 Å². The number of nitrogens with one attached hydrogen (secondary N) is 1. The van der Waals surface area contributed by atoms with E-state index in [-0.39, 0.29) is 5.92 Å². The molecule has 3 nitrogen and oxygen atoms in total. The van der Waals surface area contributed by atoms with Gasteiger partial charge in [-0.15, -0.1) is 0 Å². The van der Waals surface area contributed by atoms with Gasteiger partial charge in [-0.1, -0.05) is 33.1 Å². The summed E-state index contributed by atoms with van der Waals surface area (Å²) >= 11 is 3.72. The second-order valence-electron chi connectivity index (χ2n) is 2.33. The number of carboxylic acids is 1. The molecular formula is C6H13NO2S. The van der Waals surface area contributed by atoms with Crippen LogP contribution in [0.25, 0.3) is 0 Å². The highest BCUT2D eigenvalue weighted by Gasteiger charge is 2.20. The average Bonchev–Trinajstić information content (AvgIpc) is 1.88. The lowest BCUT2D eigenvalue weighted by Crippen LogP contribution is -2.36. The van der Waals surface area contributed by atoms with Gasteiger partial charge in [0.15, 0.2) is 0 Å². The van der Waals surface area contributed by atoms with Crippen LogP contribution in [0.4, 0.5) is 0 Å². The van der Waals surface area contributed by atoms with Crippen LogP contribution >= 0.6 is 12.8 Å². The fraction of sp³-hybridized carbons (Fsp3) is 0.833. The maximum absolute atomic E-state index is 10.4. The zero-order valence-electron chi connectivity index (χ0n) is 6.16. The van der Waals surface area contributed by atoms with Crippen LogP contribution in [0.2, 0.25) is 0 Å². The van der Waals surface area contributed by atoms with Crippen LogP contribution in [-0.2, 0) is 4.79 Å². The molecule has 0 radical (unpaired) electrons. The molecule has 60 valence electrons. The topological polar surface area (TPSA) is 49.3 Å². The summed E-state index contributed by atoms with van der Waals surface area (Å²) in [5.41, 5.74) is 0. The van der Waals surface area contributed by atoms with Gasteiger partial charge in [0.25, 0.3) is 0 Å². The molecule has 0 saturated heterocycles. The minimum absolute atomic E-state index is 0.120. The largest absolute Gasteiger partial charge is 0.480 e. The molecule has 0 amide bonds. The summed E-state index contributed by atoms with van der Waals surface area (Å²) in [6.07, 6.45) is 0.838. The minimum atomic E-state index is -0.843. The van der Waals surface area contributed by atoms with Crippen LogP contribution in [-0.4, -0.2) is 17.1 Å². The monoisotopic (exact) mass is 163 g/mol. The molecule has 0 spiro atoms. The predicted octanol–water partition coefficient (Wildman–Crippen LogP) is 0.920. The second kappa shape index (κ2) is 4.57. The lowest BCUT2D eigenvalue weighted by atomic mass is 10.0. The molecule has 0 aromatic heterocycles. The van der Waals surface area contributed by atoms with Crippen LogP contribution < -0.4 is 4.72 Å². The van der Waals surface area contributed by atoms with Crippen molar-refractivity contribution in [3.63, 3.8) is 0 Å². The van der Waals surface area contributed by atoms with Crippen LogP contribution in [0.1, 0.15) is 20.3 Å². The fourth-order valence-electron chi connectivity index (χ4n) is 0.662. The van der Waals surface area contributed by atoms with Crippen molar-refractivity contribution in [3.8, 4) is 0 Å². The van der Waals surface area contributed by atoms with E-state index in [1.807, 2.05) is 13.8 Å². The first-order valence-corrected chi connectivity index (χ1v) is 3.70. The standard InChI is InChI=1S/C6H13NO2S/c1-3-4(2)5(7-10)6(8)9/h4-5,7,10H,3H2,1-2H3,(H,8,9)/t4-,5-/m0/s1. The molecular weight excluding hydrogens is 150 g/mol. The Bertz CT molecular complexity index is 118. The quantitative estimate of drug-likeness (QED) is 0.540. The second-order valence-corrected chi connectivity index (χ2v) is 2.59. The van der Waals surface area contributed by atoms with Crippen LogP contribution in [0.5, 0.6) is 0 Å². The maximum Gasteiger partial charge on any atom is 0.321 e. The molecule has 0 heterocycles. The molecule has 0 bridgehead atoms. The van der Waals surface area contributed by atoms with E-state index in [0.717, 1.165) is 6.42 Å². The fourth-order valence-corrected chi connectivity index (χ4v) is 1.03. The van der Waals surface area contributed by atoms with E-state index >= 15 is 0 Å². The maximum atomic E-state index is 10.4. The molecule has 0 fully saturated rings. The van der Waals surface area contributed by atoms with Gasteiger partial charge in [0, 0.05) is 0 Å². The van der Waals surface area contributed by atoms with Gasteiger partial charge >= 0.3 is 5.97 Å². The van der Waals surface area contributed by atoms with Crippen molar-refractivity contribution >= 4 is 18.8 Å². The van der Waals surface area contributed by atoms with Gasteiger partial charge in [0.05, 0.1) is 0 Å². The van der Waals surface area contributed by atoms with Gasteiger partial charge in [-0.3, -0.25) is 9.52 Å². The third-order valence-electron chi connectivity index (χ3n) is 1.62. The molecule has 2 N–H and O–H groups in total. The van der Waals surface area contributed by atoms with Crippen molar-refractivity contribution in [3.05, 3.63) is 0 Å². The van der Waals surface area contributed by atoms with Gasteiger partial charge in [0.2, 0.25) is 0 Å². The molecule has 4 heteroatoms. The molecule has 2 atom stereocenters. The zero-order valence-corrected chi connectivity index (χ0v) is 7.06. The molecule has 0 aromatic rings. The predicted molar refractivity (Wildman–Crippen MR) is 43.0 cm³/mol. The number of aliphatic carboxylic acids is 1. The van der Waals surface area contributed by atoms with E-state index in [1.165, 1.54) is 0 Å². The number of hydrogen-bond donors (Lipinski definition) is 3. The summed E-state index contributed by atoms with van der Waals surface area (Å²) in [6, 6.07) is -0.534. The summed E-state index contributed by atoms with van der Waals surface area (Å²) in [5.74, 6) is -0.723. The Morgan fingerprint density at radius 1 is 1.80 bits per heavy atom. The zero-order chi connectivity index (χ0) is 8.15. The first kappa shape index (κ1) is 9.78. The van der Waals surface area contributed by atoms with E-state index in [4.69, 9.17) is 5.11 Å². The molecule has 0 rings (SSSR count). The lowest BCUT2D eigenvalue weighted by Gasteiger charge is -2.16. The number of hydrogen-bond acceptors (Lipinski definition) is 3. The highest BCUT2D eigenvalue weighted by atomic mass is 32.1. The van der Waals surface area contributed by atoms with Crippen molar-refractivity contribution in [2.75, 3.05) is 0 Å². The van der Waals surface area contributed by atoms with E-state index in [9.17, 15) is 4.79 Å². The molecule has 10 heavy (non-hydrogen) atoms. The summed E-state index contributed by atoms with van der Waals surface area (Å²) in [5, 5.41) is 8.56. The van der Waals surface area contributed by atoms with Crippen molar-refractivity contribution in [2.45, 2.75) is 26.3 Å². The van der Waals surface area contributed by atoms with Crippen molar-refractivity contribution in [2.24, 2.45) is 5.92 Å². The lowest BCUT2D eigenvalue weighted by molar-refractivity contribution is -0.140. The van der Waals surface area contributed by atoms with E-state index in [0.29, 0.717) is 0 Å². The molecule has 0 saturated carbocycles. The van der Waals surface area contributed by atoms with E-state index in [1.54, 1.807) is 0 Å². The van der Waals surface area contributed by atoms with Crippen LogP contribution in [0, 0.1) is 5.92 Å². The Labute approximate surface area is 66.4 Å². The summed E-state index contributed by atoms with van der Waals surface area (Å²) < 4.78 is 2.45. The highest BCUT2D eigenvalue weighted by Crippen LogP contribution is 2.07. The number of rotatable bonds is 4. The molecule has 0 aliphatic heterocycles. The van der Waals surface area contributed by atoms with Gasteiger partial charge in [0.1, 0.15) is 6.04 Å². The number of carbonyl (C=O) groups is 1. The third-order valence-corrected chi connectivity index (χ3v) is 1.90. The molecule has 0 aliphatic rings. The van der Waals surface area contributed by atoms with Crippen molar-refractivity contribution < 1.29 is 9.90 Å². The van der Waals surface area contributed by atoms with Crippen LogP contribution in [0.15, 0.2) is 0 Å². The smallest absolute Gasteiger partial charge is 0.321 e. The van der Waals surface area contributed by atoms with Crippen molar-refractivity contribution in [1.29, 1.82) is 0 Å². The van der Waals surface area contributed by atoms with Gasteiger partial charge in [-0.05, 0) is 5.92 Å². The third kappa shape index (κ3) is 2.58. The Hall–Kier alpha value is -0.220. The first-order valence-electron chi connectivity index (χ1n) is 3.25. The Morgan fingerprint density at radius 2 is 2.30 bits per heavy atom. The Balaban J connectivity index is 3.92. The minimum Gasteiger partial charge on any atom is -0.480 e.